The highest BCUT2D eigenvalue weighted by Gasteiger charge is 2.20. The molecule has 3 rings (SSSR count). The molecule has 0 bridgehead atoms. The normalized spacial score (nSPS) is 21.3. The molecule has 1 aromatic rings. The van der Waals surface area contributed by atoms with Gasteiger partial charge >= 0.3 is 0 Å². The van der Waals surface area contributed by atoms with E-state index in [2.05, 4.69) is 24.3 Å². The fourth-order valence-corrected chi connectivity index (χ4v) is 6.11. The predicted octanol–water partition coefficient (Wildman–Crippen LogP) is 4.29. The van der Waals surface area contributed by atoms with E-state index in [1.54, 1.807) is 0 Å². The lowest BCUT2D eigenvalue weighted by atomic mass is 9.99. The van der Waals surface area contributed by atoms with E-state index in [-0.39, 0.29) is 0 Å². The van der Waals surface area contributed by atoms with Gasteiger partial charge < -0.3 is 4.90 Å². The Morgan fingerprint density at radius 2 is 2.10 bits per heavy atom. The van der Waals surface area contributed by atoms with Crippen LogP contribution >= 0.6 is 21.6 Å². The number of carbonyl (C=O) groups is 1. The van der Waals surface area contributed by atoms with Crippen LogP contribution in [0.1, 0.15) is 43.2 Å². The minimum Gasteiger partial charge on any atom is -0.338 e. The summed E-state index contributed by atoms with van der Waals surface area (Å²) in [6.45, 7) is 1.70. The van der Waals surface area contributed by atoms with Crippen LogP contribution < -0.4 is 0 Å². The Morgan fingerprint density at radius 1 is 1.24 bits per heavy atom. The van der Waals surface area contributed by atoms with Crippen molar-refractivity contribution in [1.29, 1.82) is 0 Å². The van der Waals surface area contributed by atoms with Gasteiger partial charge in [0.1, 0.15) is 0 Å². The molecule has 2 aliphatic heterocycles. The third-order valence-electron chi connectivity index (χ3n) is 4.38. The monoisotopic (exact) mass is 321 g/mol. The molecular formula is C17H23NOS2. The second-order valence-corrected chi connectivity index (χ2v) is 8.70. The van der Waals surface area contributed by atoms with Crippen LogP contribution in [-0.2, 0) is 17.8 Å². The molecule has 1 unspecified atom stereocenters. The summed E-state index contributed by atoms with van der Waals surface area (Å²) in [5, 5.41) is 0.840. The molecule has 2 aliphatic rings. The number of benzene rings is 1. The van der Waals surface area contributed by atoms with Crippen molar-refractivity contribution in [2.75, 3.05) is 12.3 Å². The first-order chi connectivity index (χ1) is 10.3. The molecule has 1 atom stereocenters. The van der Waals surface area contributed by atoms with Gasteiger partial charge in [-0.25, -0.2) is 0 Å². The molecule has 1 aromatic carbocycles. The molecule has 114 valence electrons. The molecule has 0 N–H and O–H groups in total. The van der Waals surface area contributed by atoms with Crippen molar-refractivity contribution in [1.82, 2.24) is 4.90 Å². The highest BCUT2D eigenvalue weighted by atomic mass is 33.1. The molecule has 2 heterocycles. The highest BCUT2D eigenvalue weighted by molar-refractivity contribution is 8.77. The second kappa shape index (κ2) is 7.59. The SMILES string of the molecule is O=C(CCCCC1CCSS1)N1CCc2ccccc2C1. The van der Waals surface area contributed by atoms with E-state index in [1.807, 2.05) is 26.5 Å². The van der Waals surface area contributed by atoms with Crippen molar-refractivity contribution < 1.29 is 4.79 Å². The number of unbranched alkanes of at least 4 members (excludes halogenated alkanes) is 1. The number of rotatable bonds is 5. The predicted molar refractivity (Wildman–Crippen MR) is 92.5 cm³/mol. The van der Waals surface area contributed by atoms with Crippen LogP contribution in [0.2, 0.25) is 0 Å². The van der Waals surface area contributed by atoms with E-state index in [1.165, 1.54) is 36.1 Å². The van der Waals surface area contributed by atoms with E-state index >= 15 is 0 Å². The van der Waals surface area contributed by atoms with Gasteiger partial charge in [-0.15, -0.1) is 0 Å². The van der Waals surface area contributed by atoms with Crippen LogP contribution in [0.5, 0.6) is 0 Å². The molecule has 1 amide bonds. The lowest BCUT2D eigenvalue weighted by Crippen LogP contribution is -2.35. The van der Waals surface area contributed by atoms with E-state index in [9.17, 15) is 4.79 Å². The molecule has 0 spiro atoms. The van der Waals surface area contributed by atoms with Gasteiger partial charge in [0.05, 0.1) is 0 Å². The van der Waals surface area contributed by atoms with Crippen LogP contribution in [0, 0.1) is 0 Å². The summed E-state index contributed by atoms with van der Waals surface area (Å²) in [4.78, 5) is 14.4. The van der Waals surface area contributed by atoms with Gasteiger partial charge in [0.2, 0.25) is 5.91 Å². The zero-order valence-electron chi connectivity index (χ0n) is 12.4. The summed E-state index contributed by atoms with van der Waals surface area (Å²) in [7, 11) is 4.05. The quantitative estimate of drug-likeness (QED) is 0.596. The highest BCUT2D eigenvalue weighted by Crippen LogP contribution is 2.39. The van der Waals surface area contributed by atoms with Crippen molar-refractivity contribution in [2.24, 2.45) is 0 Å². The fraction of sp³-hybridized carbons (Fsp3) is 0.588. The number of carbonyl (C=O) groups excluding carboxylic acids is 1. The molecule has 1 saturated heterocycles. The molecule has 2 nitrogen and oxygen atoms in total. The fourth-order valence-electron chi connectivity index (χ4n) is 3.08. The molecule has 0 aromatic heterocycles. The van der Waals surface area contributed by atoms with Crippen LogP contribution in [0.25, 0.3) is 0 Å². The van der Waals surface area contributed by atoms with Crippen LogP contribution in [0.15, 0.2) is 24.3 Å². The molecule has 0 radical (unpaired) electrons. The van der Waals surface area contributed by atoms with Crippen LogP contribution in [0.3, 0.4) is 0 Å². The smallest absolute Gasteiger partial charge is 0.222 e. The minimum atomic E-state index is 0.345. The number of fused-ring (bicyclic) bond motifs is 1. The van der Waals surface area contributed by atoms with Crippen LogP contribution in [0.4, 0.5) is 0 Å². The van der Waals surface area contributed by atoms with Crippen molar-refractivity contribution in [3.8, 4) is 0 Å². The average molecular weight is 322 g/mol. The first-order valence-electron chi connectivity index (χ1n) is 7.96. The second-order valence-electron chi connectivity index (χ2n) is 5.91. The molecule has 4 heteroatoms. The number of nitrogens with zero attached hydrogens (tertiary/aromatic N) is 1. The molecule has 0 saturated carbocycles. The van der Waals surface area contributed by atoms with Gasteiger partial charge in [0, 0.05) is 30.5 Å². The third-order valence-corrected chi connectivity index (χ3v) is 7.38. The van der Waals surface area contributed by atoms with Crippen molar-refractivity contribution in [3.05, 3.63) is 35.4 Å². The standard InChI is InChI=1S/C17H23NOS2/c19-17(8-4-3-7-16-10-12-20-21-16)18-11-9-14-5-1-2-6-15(14)13-18/h1-2,5-6,16H,3-4,7-13H2. The van der Waals surface area contributed by atoms with Gasteiger partial charge in [-0.3, -0.25) is 4.79 Å². The topological polar surface area (TPSA) is 20.3 Å². The first-order valence-corrected chi connectivity index (χ1v) is 10.3. The maximum Gasteiger partial charge on any atom is 0.222 e. The van der Waals surface area contributed by atoms with Crippen molar-refractivity contribution >= 4 is 27.5 Å². The first kappa shape index (κ1) is 15.3. The van der Waals surface area contributed by atoms with E-state index < -0.39 is 0 Å². The summed E-state index contributed by atoms with van der Waals surface area (Å²) >= 11 is 0. The van der Waals surface area contributed by atoms with E-state index in [0.29, 0.717) is 5.91 Å². The third kappa shape index (κ3) is 4.19. The average Bonchev–Trinajstić information content (AvgIpc) is 3.04. The molecular weight excluding hydrogens is 298 g/mol. The van der Waals surface area contributed by atoms with Gasteiger partial charge in [-0.2, -0.15) is 0 Å². The van der Waals surface area contributed by atoms with Gasteiger partial charge in [-0.1, -0.05) is 52.3 Å². The maximum absolute atomic E-state index is 12.3. The maximum atomic E-state index is 12.3. The van der Waals surface area contributed by atoms with Gasteiger partial charge in [0.25, 0.3) is 0 Å². The minimum absolute atomic E-state index is 0.345. The largest absolute Gasteiger partial charge is 0.338 e. The Morgan fingerprint density at radius 3 is 2.90 bits per heavy atom. The zero-order valence-corrected chi connectivity index (χ0v) is 14.1. The lowest BCUT2D eigenvalue weighted by molar-refractivity contribution is -0.132. The lowest BCUT2D eigenvalue weighted by Gasteiger charge is -2.29. The Labute approximate surface area is 135 Å². The number of hydrogen-bond acceptors (Lipinski definition) is 3. The summed E-state index contributed by atoms with van der Waals surface area (Å²) in [6, 6.07) is 8.51. The molecule has 0 aliphatic carbocycles. The number of amides is 1. The summed E-state index contributed by atoms with van der Waals surface area (Å²) in [6.07, 6.45) is 6.64. The summed E-state index contributed by atoms with van der Waals surface area (Å²) in [5.41, 5.74) is 2.74. The van der Waals surface area contributed by atoms with E-state index in [0.717, 1.165) is 37.6 Å². The summed E-state index contributed by atoms with van der Waals surface area (Å²) < 4.78 is 0. The number of hydrogen-bond donors (Lipinski definition) is 0. The zero-order chi connectivity index (χ0) is 14.5. The van der Waals surface area contributed by atoms with Gasteiger partial charge in [0.15, 0.2) is 0 Å². The Balaban J connectivity index is 1.40. The van der Waals surface area contributed by atoms with Crippen molar-refractivity contribution in [2.45, 2.75) is 50.3 Å². The van der Waals surface area contributed by atoms with Gasteiger partial charge in [-0.05, 0) is 36.8 Å². The Hall–Kier alpha value is -0.610. The molecule has 1 fully saturated rings. The van der Waals surface area contributed by atoms with Crippen molar-refractivity contribution in [3.63, 3.8) is 0 Å². The summed E-state index contributed by atoms with van der Waals surface area (Å²) in [5.74, 6) is 1.65. The van der Waals surface area contributed by atoms with Crippen LogP contribution in [-0.4, -0.2) is 28.4 Å². The Bertz CT molecular complexity index is 485. The Kier molecular flexibility index (Phi) is 5.53. The van der Waals surface area contributed by atoms with E-state index in [4.69, 9.17) is 0 Å². The molecule has 21 heavy (non-hydrogen) atoms.